The average Bonchev–Trinajstić information content (AvgIpc) is 3.78. The van der Waals surface area contributed by atoms with Crippen LogP contribution < -0.4 is 0 Å². The Morgan fingerprint density at radius 1 is 0.346 bits per heavy atom. The molecule has 11 aromatic rings. The summed E-state index contributed by atoms with van der Waals surface area (Å²) in [6.45, 7) is 0. The second kappa shape index (κ2) is 11.2. The van der Waals surface area contributed by atoms with Gasteiger partial charge in [0, 0.05) is 32.7 Å². The Bertz CT molecular complexity index is 3170. The maximum Gasteiger partial charge on any atom is 0.180 e. The fourth-order valence-electron chi connectivity index (χ4n) is 7.78. The van der Waals surface area contributed by atoms with Crippen LogP contribution in [0.5, 0.6) is 0 Å². The highest BCUT2D eigenvalue weighted by atomic mass is 16.3. The standard InChI is InChI=1S/C48H28N2O2/c1-2-12-32(13-3-1)44-47-45(39-18-8-9-20-42(39)51-47)50-48(49-44)41-28-40-37-26-25-33(27-43(37)52-46(40)38-17-7-6-16-36(38)41)29-21-23-31(24-22-29)35-19-10-14-30-11-4-5-15-34(30)35/h1-28H. The van der Waals surface area contributed by atoms with Crippen molar-refractivity contribution in [3.8, 4) is 44.9 Å². The maximum absolute atomic E-state index is 6.71. The minimum absolute atomic E-state index is 0.647. The fourth-order valence-corrected chi connectivity index (χ4v) is 7.78. The van der Waals surface area contributed by atoms with Crippen LogP contribution in [0, 0.1) is 0 Å². The van der Waals surface area contributed by atoms with E-state index < -0.39 is 0 Å². The zero-order chi connectivity index (χ0) is 34.2. The van der Waals surface area contributed by atoms with Gasteiger partial charge in [0.25, 0.3) is 0 Å². The normalized spacial score (nSPS) is 11.8. The molecule has 0 spiro atoms. The van der Waals surface area contributed by atoms with E-state index >= 15 is 0 Å². The van der Waals surface area contributed by atoms with Crippen molar-refractivity contribution < 1.29 is 8.83 Å². The van der Waals surface area contributed by atoms with Crippen molar-refractivity contribution in [3.63, 3.8) is 0 Å². The number of fused-ring (bicyclic) bond motifs is 9. The van der Waals surface area contributed by atoms with Crippen molar-refractivity contribution in [2.75, 3.05) is 0 Å². The van der Waals surface area contributed by atoms with Crippen LogP contribution in [0.25, 0.3) is 110 Å². The highest BCUT2D eigenvalue weighted by Gasteiger charge is 2.21. The molecule has 0 amide bonds. The van der Waals surface area contributed by atoms with Crippen LogP contribution in [0.15, 0.2) is 179 Å². The largest absolute Gasteiger partial charge is 0.455 e. The van der Waals surface area contributed by atoms with Crippen LogP contribution in [-0.2, 0) is 0 Å². The van der Waals surface area contributed by atoms with Crippen LogP contribution in [0.4, 0.5) is 0 Å². The molecule has 242 valence electrons. The number of hydrogen-bond acceptors (Lipinski definition) is 4. The minimum Gasteiger partial charge on any atom is -0.455 e. The van der Waals surface area contributed by atoms with E-state index in [2.05, 4.69) is 133 Å². The predicted octanol–water partition coefficient (Wildman–Crippen LogP) is 13.2. The number of benzene rings is 8. The van der Waals surface area contributed by atoms with Gasteiger partial charge in [-0.1, -0.05) is 140 Å². The third kappa shape index (κ3) is 4.41. The molecule has 4 nitrogen and oxygen atoms in total. The highest BCUT2D eigenvalue weighted by Crippen LogP contribution is 2.42. The Kier molecular flexibility index (Phi) is 6.22. The number of rotatable bonds is 4. The van der Waals surface area contributed by atoms with E-state index in [9.17, 15) is 0 Å². The van der Waals surface area contributed by atoms with Gasteiger partial charge in [-0.3, -0.25) is 0 Å². The smallest absolute Gasteiger partial charge is 0.180 e. The first-order chi connectivity index (χ1) is 25.8. The first-order valence-electron chi connectivity index (χ1n) is 17.5. The van der Waals surface area contributed by atoms with Crippen molar-refractivity contribution >= 4 is 65.6 Å². The first-order valence-corrected chi connectivity index (χ1v) is 17.5. The molecule has 0 atom stereocenters. The summed E-state index contributed by atoms with van der Waals surface area (Å²) in [5, 5.41) is 7.61. The summed E-state index contributed by atoms with van der Waals surface area (Å²) in [7, 11) is 0. The van der Waals surface area contributed by atoms with Gasteiger partial charge < -0.3 is 8.83 Å². The minimum atomic E-state index is 0.647. The number of aromatic nitrogens is 2. The number of hydrogen-bond donors (Lipinski definition) is 0. The van der Waals surface area contributed by atoms with E-state index in [-0.39, 0.29) is 0 Å². The van der Waals surface area contributed by atoms with Crippen LogP contribution in [0.3, 0.4) is 0 Å². The van der Waals surface area contributed by atoms with Crippen LogP contribution in [0.1, 0.15) is 0 Å². The molecule has 3 heterocycles. The van der Waals surface area contributed by atoms with Gasteiger partial charge in [0.05, 0.1) is 0 Å². The monoisotopic (exact) mass is 664 g/mol. The predicted molar refractivity (Wildman–Crippen MR) is 213 cm³/mol. The van der Waals surface area contributed by atoms with E-state index in [0.29, 0.717) is 11.4 Å². The summed E-state index contributed by atoms with van der Waals surface area (Å²) in [6.07, 6.45) is 0. The number of furan rings is 2. The molecule has 0 saturated heterocycles. The summed E-state index contributed by atoms with van der Waals surface area (Å²) in [4.78, 5) is 10.4. The van der Waals surface area contributed by atoms with Gasteiger partial charge in [0.15, 0.2) is 11.4 Å². The summed E-state index contributed by atoms with van der Waals surface area (Å²) in [6, 6.07) is 59.2. The molecule has 4 heteroatoms. The van der Waals surface area contributed by atoms with E-state index in [1.54, 1.807) is 0 Å². The lowest BCUT2D eigenvalue weighted by atomic mass is 9.95. The third-order valence-corrected chi connectivity index (χ3v) is 10.3. The second-order valence-electron chi connectivity index (χ2n) is 13.3. The number of nitrogens with zero attached hydrogens (tertiary/aromatic N) is 2. The molecule has 0 saturated carbocycles. The summed E-state index contributed by atoms with van der Waals surface area (Å²) >= 11 is 0. The summed E-state index contributed by atoms with van der Waals surface area (Å²) < 4.78 is 13.1. The van der Waals surface area contributed by atoms with Crippen molar-refractivity contribution in [1.29, 1.82) is 0 Å². The van der Waals surface area contributed by atoms with E-state index in [1.807, 2.05) is 36.4 Å². The molecule has 0 radical (unpaired) electrons. The molecule has 3 aromatic heterocycles. The van der Waals surface area contributed by atoms with Crippen LogP contribution in [-0.4, -0.2) is 9.97 Å². The van der Waals surface area contributed by atoms with Gasteiger partial charge in [-0.15, -0.1) is 0 Å². The summed E-state index contributed by atoms with van der Waals surface area (Å²) in [5.74, 6) is 0.647. The van der Waals surface area contributed by atoms with Gasteiger partial charge in [0.2, 0.25) is 0 Å². The van der Waals surface area contributed by atoms with Gasteiger partial charge in [-0.25, -0.2) is 9.97 Å². The van der Waals surface area contributed by atoms with E-state index in [1.165, 1.54) is 21.9 Å². The molecule has 0 unspecified atom stereocenters. The summed E-state index contributed by atoms with van der Waals surface area (Å²) in [5.41, 5.74) is 11.4. The molecule has 0 bridgehead atoms. The maximum atomic E-state index is 6.71. The average molecular weight is 665 g/mol. The van der Waals surface area contributed by atoms with Crippen LogP contribution in [0.2, 0.25) is 0 Å². The van der Waals surface area contributed by atoms with Gasteiger partial charge in [0.1, 0.15) is 28.0 Å². The van der Waals surface area contributed by atoms with Crippen LogP contribution >= 0.6 is 0 Å². The molecule has 0 fully saturated rings. The van der Waals surface area contributed by atoms with Gasteiger partial charge in [-0.2, -0.15) is 0 Å². The molecule has 0 N–H and O–H groups in total. The topological polar surface area (TPSA) is 52.1 Å². The molecular weight excluding hydrogens is 637 g/mol. The zero-order valence-corrected chi connectivity index (χ0v) is 27.9. The van der Waals surface area contributed by atoms with Gasteiger partial charge >= 0.3 is 0 Å². The van der Waals surface area contributed by atoms with Crippen molar-refractivity contribution in [1.82, 2.24) is 9.97 Å². The molecule has 0 aliphatic carbocycles. The van der Waals surface area contributed by atoms with Crippen molar-refractivity contribution in [3.05, 3.63) is 170 Å². The van der Waals surface area contributed by atoms with E-state index in [0.717, 1.165) is 77.1 Å². The lowest BCUT2D eigenvalue weighted by molar-refractivity contribution is 0.667. The van der Waals surface area contributed by atoms with Gasteiger partial charge in [-0.05, 0) is 68.7 Å². The second-order valence-corrected chi connectivity index (χ2v) is 13.3. The molecule has 11 rings (SSSR count). The fraction of sp³-hybridized carbons (Fsp3) is 0. The molecule has 52 heavy (non-hydrogen) atoms. The Hall–Kier alpha value is -7.04. The Morgan fingerprint density at radius 2 is 1.02 bits per heavy atom. The SMILES string of the molecule is c1ccc(-c2nc(-c3cc4c5ccc(-c6ccc(-c7cccc8ccccc78)cc6)cc5oc4c4ccccc34)nc3c2oc2ccccc23)cc1. The van der Waals surface area contributed by atoms with E-state index in [4.69, 9.17) is 18.8 Å². The first kappa shape index (κ1) is 28.8. The van der Waals surface area contributed by atoms with Crippen molar-refractivity contribution in [2.24, 2.45) is 0 Å². The lowest BCUT2D eigenvalue weighted by Gasteiger charge is -2.09. The molecule has 0 aliphatic rings. The molecule has 0 aliphatic heterocycles. The Labute approximate surface area is 298 Å². The number of para-hydroxylation sites is 1. The molecule has 8 aromatic carbocycles. The Balaban J connectivity index is 1.07. The quantitative estimate of drug-likeness (QED) is 0.188. The third-order valence-electron chi connectivity index (χ3n) is 10.3. The lowest BCUT2D eigenvalue weighted by Crippen LogP contribution is -1.95. The Morgan fingerprint density at radius 3 is 1.88 bits per heavy atom. The zero-order valence-electron chi connectivity index (χ0n) is 27.9. The molecular formula is C48H28N2O2. The highest BCUT2D eigenvalue weighted by molar-refractivity contribution is 6.19. The van der Waals surface area contributed by atoms with Crippen molar-refractivity contribution in [2.45, 2.75) is 0 Å².